The highest BCUT2D eigenvalue weighted by Gasteiger charge is 2.54. The summed E-state index contributed by atoms with van der Waals surface area (Å²) in [5.41, 5.74) is 2.21. The normalized spacial score (nSPS) is 22.8. The summed E-state index contributed by atoms with van der Waals surface area (Å²) in [5.74, 6) is -1.41. The van der Waals surface area contributed by atoms with Crippen molar-refractivity contribution in [2.75, 3.05) is 0 Å². The van der Waals surface area contributed by atoms with Crippen LogP contribution in [0, 0.1) is 5.92 Å². The Kier molecular flexibility index (Phi) is 8.85. The summed E-state index contributed by atoms with van der Waals surface area (Å²) in [6.45, 7) is 0. The summed E-state index contributed by atoms with van der Waals surface area (Å²) in [7, 11) is 0. The van der Waals surface area contributed by atoms with Crippen molar-refractivity contribution in [1.29, 1.82) is 0 Å². The maximum Gasteiger partial charge on any atom is 0.162 e. The van der Waals surface area contributed by atoms with E-state index < -0.39 is 11.5 Å². The first-order valence-corrected chi connectivity index (χ1v) is 14.4. The number of carbonyl (C=O) groups excluding carboxylic acids is 1. The summed E-state index contributed by atoms with van der Waals surface area (Å²) < 4.78 is 0. The van der Waals surface area contributed by atoms with Crippen LogP contribution in [0.2, 0.25) is 20.1 Å². The smallest absolute Gasteiger partial charge is 0.162 e. The molecule has 0 aromatic heterocycles. The molecule has 0 bridgehead atoms. The molecule has 0 amide bonds. The van der Waals surface area contributed by atoms with Crippen molar-refractivity contribution < 1.29 is 9.90 Å². The van der Waals surface area contributed by atoms with E-state index in [9.17, 15) is 9.90 Å². The zero-order valence-corrected chi connectivity index (χ0v) is 24.4. The maximum absolute atomic E-state index is 14.1. The quantitative estimate of drug-likeness (QED) is 0.212. The van der Waals surface area contributed by atoms with Crippen LogP contribution in [0.3, 0.4) is 0 Å². The van der Waals surface area contributed by atoms with E-state index in [4.69, 9.17) is 46.4 Å². The molecule has 4 aromatic carbocycles. The van der Waals surface area contributed by atoms with Crippen LogP contribution in [-0.4, -0.2) is 16.5 Å². The van der Waals surface area contributed by atoms with Crippen molar-refractivity contribution >= 4 is 64.3 Å². The summed E-state index contributed by atoms with van der Waals surface area (Å²) in [4.78, 5) is 14.1. The van der Waals surface area contributed by atoms with Gasteiger partial charge in [-0.3, -0.25) is 4.79 Å². The fourth-order valence-electron chi connectivity index (χ4n) is 5.56. The molecular weight excluding hydrogens is 582 g/mol. The average Bonchev–Trinajstić information content (AvgIpc) is 3.26. The van der Waals surface area contributed by atoms with Gasteiger partial charge in [0.2, 0.25) is 0 Å². The third-order valence-electron chi connectivity index (χ3n) is 7.48. The Morgan fingerprint density at radius 2 is 1.07 bits per heavy atom. The molecule has 0 spiro atoms. The second-order valence-corrected chi connectivity index (χ2v) is 11.8. The van der Waals surface area contributed by atoms with E-state index in [-0.39, 0.29) is 17.6 Å². The number of rotatable bonds is 7. The van der Waals surface area contributed by atoms with Gasteiger partial charge in [0.1, 0.15) is 0 Å². The minimum Gasteiger partial charge on any atom is -0.385 e. The van der Waals surface area contributed by atoms with E-state index in [1.165, 1.54) is 0 Å². The molecule has 2 nitrogen and oxygen atoms in total. The number of hydrogen-bond donors (Lipinski definition) is 1. The predicted octanol–water partition coefficient (Wildman–Crippen LogP) is 9.91. The number of benzene rings is 4. The number of halogens is 4. The van der Waals surface area contributed by atoms with Crippen LogP contribution in [0.5, 0.6) is 0 Å². The van der Waals surface area contributed by atoms with Gasteiger partial charge in [0.05, 0.1) is 11.5 Å². The molecule has 1 fully saturated rings. The van der Waals surface area contributed by atoms with Crippen molar-refractivity contribution in [2.45, 2.75) is 23.9 Å². The molecule has 0 saturated heterocycles. The monoisotopic (exact) mass is 606 g/mol. The molecule has 0 aliphatic heterocycles. The van der Waals surface area contributed by atoms with Crippen molar-refractivity contribution in [3.05, 3.63) is 152 Å². The standard InChI is InChI=1S/C34H26Cl4O2/c35-26-10-1-22(2-11-26)5-18-31(39)33-32(25-8-16-29(38)17-9-25)30(24-6-14-28(37)15-7-24)21-34(33,40)20-19-23-3-12-27(36)13-4-23/h1-20,30,32-33,40H,21H2/b18-5+,20-19+/t30-,32-,33+,34-/m1/s1. The van der Waals surface area contributed by atoms with Crippen LogP contribution < -0.4 is 0 Å². The lowest BCUT2D eigenvalue weighted by molar-refractivity contribution is -0.123. The minimum absolute atomic E-state index is 0.156. The largest absolute Gasteiger partial charge is 0.385 e. The summed E-state index contributed by atoms with van der Waals surface area (Å²) in [6, 6.07) is 29.7. The second-order valence-electron chi connectivity index (χ2n) is 10.1. The fourth-order valence-corrected chi connectivity index (χ4v) is 6.06. The first kappa shape index (κ1) is 28.7. The van der Waals surface area contributed by atoms with E-state index in [1.807, 2.05) is 78.9 Å². The zero-order chi connectivity index (χ0) is 28.3. The SMILES string of the molecule is O=C(/C=C/c1ccc(Cl)cc1)[C@H]1[C@H](c2ccc(Cl)cc2)[C@@H](c2ccc(Cl)cc2)C[C@]1(O)/C=C/c1ccc(Cl)cc1. The maximum atomic E-state index is 14.1. The van der Waals surface area contributed by atoms with Crippen molar-refractivity contribution in [3.63, 3.8) is 0 Å². The Hall–Kier alpha value is -2.85. The number of hydrogen-bond acceptors (Lipinski definition) is 2. The molecule has 0 unspecified atom stereocenters. The molecule has 0 heterocycles. The van der Waals surface area contributed by atoms with Crippen molar-refractivity contribution in [1.82, 2.24) is 0 Å². The van der Waals surface area contributed by atoms with Crippen LogP contribution in [0.4, 0.5) is 0 Å². The van der Waals surface area contributed by atoms with Crippen LogP contribution in [0.15, 0.2) is 109 Å². The highest BCUT2D eigenvalue weighted by Crippen LogP contribution is 2.56. The molecule has 6 heteroatoms. The summed E-state index contributed by atoms with van der Waals surface area (Å²) in [5, 5.41) is 14.8. The first-order chi connectivity index (χ1) is 19.2. The molecule has 4 atom stereocenters. The third-order valence-corrected chi connectivity index (χ3v) is 8.49. The highest BCUT2D eigenvalue weighted by molar-refractivity contribution is 6.31. The lowest BCUT2D eigenvalue weighted by Crippen LogP contribution is -2.37. The van der Waals surface area contributed by atoms with E-state index in [0.717, 1.165) is 22.3 Å². The molecule has 4 aromatic rings. The van der Waals surface area contributed by atoms with Gasteiger partial charge in [-0.05, 0) is 89.2 Å². The summed E-state index contributed by atoms with van der Waals surface area (Å²) >= 11 is 24.5. The van der Waals surface area contributed by atoms with E-state index >= 15 is 0 Å². The topological polar surface area (TPSA) is 37.3 Å². The van der Waals surface area contributed by atoms with Gasteiger partial charge >= 0.3 is 0 Å². The number of carbonyl (C=O) groups is 1. The van der Waals surface area contributed by atoms with Crippen LogP contribution in [0.25, 0.3) is 12.2 Å². The highest BCUT2D eigenvalue weighted by atomic mass is 35.5. The van der Waals surface area contributed by atoms with E-state index in [2.05, 4.69) is 0 Å². The molecule has 40 heavy (non-hydrogen) atoms. The molecule has 1 aliphatic carbocycles. The molecule has 5 rings (SSSR count). The average molecular weight is 608 g/mol. The van der Waals surface area contributed by atoms with Crippen molar-refractivity contribution in [2.24, 2.45) is 5.92 Å². The predicted molar refractivity (Wildman–Crippen MR) is 167 cm³/mol. The third kappa shape index (κ3) is 6.54. The Bertz CT molecular complexity index is 1530. The Morgan fingerprint density at radius 1 is 0.650 bits per heavy atom. The molecule has 1 saturated carbocycles. The van der Waals surface area contributed by atoms with Crippen LogP contribution in [0.1, 0.15) is 40.5 Å². The molecule has 1 aliphatic rings. The van der Waals surface area contributed by atoms with Gasteiger partial charge in [-0.15, -0.1) is 0 Å². The fraction of sp³-hybridized carbons (Fsp3) is 0.147. The van der Waals surface area contributed by atoms with Crippen molar-refractivity contribution in [3.8, 4) is 0 Å². The van der Waals surface area contributed by atoms with Crippen LogP contribution >= 0.6 is 46.4 Å². The summed E-state index contributed by atoms with van der Waals surface area (Å²) in [6.07, 6.45) is 7.27. The first-order valence-electron chi connectivity index (χ1n) is 12.9. The van der Waals surface area contributed by atoms with Gasteiger partial charge in [-0.25, -0.2) is 0 Å². The number of ketones is 1. The molecular formula is C34H26Cl4O2. The lowest BCUT2D eigenvalue weighted by Gasteiger charge is -2.29. The van der Waals surface area contributed by atoms with Gasteiger partial charge in [0.15, 0.2) is 5.78 Å². The van der Waals surface area contributed by atoms with Gasteiger partial charge in [-0.1, -0.05) is 113 Å². The number of aliphatic hydroxyl groups is 1. The van der Waals surface area contributed by atoms with E-state index in [0.29, 0.717) is 26.5 Å². The van der Waals surface area contributed by atoms with Gasteiger partial charge in [0.25, 0.3) is 0 Å². The van der Waals surface area contributed by atoms with Gasteiger partial charge < -0.3 is 5.11 Å². The molecule has 0 radical (unpaired) electrons. The lowest BCUT2D eigenvalue weighted by atomic mass is 9.76. The molecule has 1 N–H and O–H groups in total. The number of allylic oxidation sites excluding steroid dienone is 1. The van der Waals surface area contributed by atoms with Gasteiger partial charge in [0, 0.05) is 26.0 Å². The Labute approximate surface area is 254 Å². The minimum atomic E-state index is -1.43. The second kappa shape index (κ2) is 12.3. The molecule has 202 valence electrons. The Balaban J connectivity index is 1.61. The van der Waals surface area contributed by atoms with E-state index in [1.54, 1.807) is 42.5 Å². The zero-order valence-electron chi connectivity index (χ0n) is 21.4. The van der Waals surface area contributed by atoms with Gasteiger partial charge in [-0.2, -0.15) is 0 Å². The Morgan fingerprint density at radius 3 is 1.57 bits per heavy atom. The van der Waals surface area contributed by atoms with Crippen LogP contribution in [-0.2, 0) is 4.79 Å².